The van der Waals surface area contributed by atoms with Gasteiger partial charge in [-0.05, 0) is 88.9 Å². The van der Waals surface area contributed by atoms with E-state index in [0.29, 0.717) is 0 Å². The lowest BCUT2D eigenvalue weighted by atomic mass is 9.87. The molecule has 0 bridgehead atoms. The number of nitrogens with zero attached hydrogens (tertiary/aromatic N) is 2. The first-order chi connectivity index (χ1) is 19.3. The minimum atomic E-state index is 0.867. The monoisotopic (exact) mass is 496 g/mol. The molecule has 0 N–H and O–H groups in total. The molecule has 182 valence electrons. The van der Waals surface area contributed by atoms with Crippen molar-refractivity contribution < 1.29 is 0 Å². The van der Waals surface area contributed by atoms with E-state index in [9.17, 15) is 0 Å². The molecule has 0 saturated heterocycles. The summed E-state index contributed by atoms with van der Waals surface area (Å²) in [5, 5.41) is 15.6. The number of aryl methyl sites for hydroxylation is 1. The molecular weight excluding hydrogens is 472 g/mol. The third kappa shape index (κ3) is 2.73. The minimum Gasteiger partial charge on any atom is -0.296 e. The molecule has 1 heterocycles. The molecule has 8 aromatic carbocycles. The number of imidazole rings is 1. The van der Waals surface area contributed by atoms with Crippen LogP contribution in [0.5, 0.6) is 0 Å². The zero-order valence-electron chi connectivity index (χ0n) is 21.6. The summed E-state index contributed by atoms with van der Waals surface area (Å²) < 4.78 is 2.36. The van der Waals surface area contributed by atoms with Gasteiger partial charge >= 0.3 is 0 Å². The van der Waals surface area contributed by atoms with Gasteiger partial charge in [0.05, 0.1) is 11.0 Å². The van der Waals surface area contributed by atoms with Crippen molar-refractivity contribution in [1.82, 2.24) is 9.55 Å². The summed E-state index contributed by atoms with van der Waals surface area (Å²) in [6.45, 7) is 2.19. The molecule has 0 fully saturated rings. The molecular formula is C37H24N2. The first-order valence-corrected chi connectivity index (χ1v) is 13.7. The second-order valence-electron chi connectivity index (χ2n) is 10.6. The first-order valence-electron chi connectivity index (χ1n) is 13.7. The van der Waals surface area contributed by atoms with Crippen LogP contribution in [0.15, 0.2) is 115 Å². The Morgan fingerprint density at radius 1 is 0.513 bits per heavy atom. The van der Waals surface area contributed by atoms with E-state index in [-0.39, 0.29) is 0 Å². The molecule has 0 saturated carbocycles. The summed E-state index contributed by atoms with van der Waals surface area (Å²) in [6, 6.07) is 42.7. The van der Waals surface area contributed by atoms with Gasteiger partial charge in [0, 0.05) is 12.1 Å². The van der Waals surface area contributed by atoms with Crippen LogP contribution in [-0.2, 0) is 6.42 Å². The lowest BCUT2D eigenvalue weighted by Crippen LogP contribution is -2.00. The third-order valence-electron chi connectivity index (χ3n) is 8.61. The SMILES string of the molecule is CCc1nc2ccccc2n1-c1cc2ccc3cccc4c5cccc6ccc7cccc(c(c1)c2c34)c7c65. The predicted molar refractivity (Wildman–Crippen MR) is 167 cm³/mol. The maximum Gasteiger partial charge on any atom is 0.114 e. The Morgan fingerprint density at radius 3 is 1.67 bits per heavy atom. The summed E-state index contributed by atoms with van der Waals surface area (Å²) in [5.74, 6) is 1.08. The highest BCUT2D eigenvalue weighted by molar-refractivity contribution is 6.37. The van der Waals surface area contributed by atoms with E-state index in [2.05, 4.69) is 127 Å². The summed E-state index contributed by atoms with van der Waals surface area (Å²) in [7, 11) is 0. The topological polar surface area (TPSA) is 17.8 Å². The van der Waals surface area contributed by atoms with E-state index >= 15 is 0 Å². The second kappa shape index (κ2) is 7.55. The van der Waals surface area contributed by atoms with Gasteiger partial charge < -0.3 is 0 Å². The fraction of sp³-hybridized carbons (Fsp3) is 0.0541. The highest BCUT2D eigenvalue weighted by atomic mass is 15.1. The van der Waals surface area contributed by atoms with Crippen LogP contribution >= 0.6 is 0 Å². The Balaban J connectivity index is 1.61. The average molecular weight is 497 g/mol. The third-order valence-corrected chi connectivity index (χ3v) is 8.61. The maximum atomic E-state index is 5.00. The van der Waals surface area contributed by atoms with E-state index < -0.39 is 0 Å². The molecule has 0 unspecified atom stereocenters. The number of hydrogen-bond acceptors (Lipinski definition) is 1. The van der Waals surface area contributed by atoms with E-state index in [1.807, 2.05) is 0 Å². The highest BCUT2D eigenvalue weighted by Gasteiger charge is 2.18. The Bertz CT molecular complexity index is 2420. The molecule has 0 radical (unpaired) electrons. The van der Waals surface area contributed by atoms with Crippen molar-refractivity contribution in [3.8, 4) is 5.69 Å². The van der Waals surface area contributed by atoms with Gasteiger partial charge in [-0.15, -0.1) is 0 Å². The van der Waals surface area contributed by atoms with Gasteiger partial charge in [-0.3, -0.25) is 4.57 Å². The highest BCUT2D eigenvalue weighted by Crippen LogP contribution is 2.44. The fourth-order valence-corrected chi connectivity index (χ4v) is 7.00. The molecule has 2 heteroatoms. The summed E-state index contributed by atoms with van der Waals surface area (Å²) in [4.78, 5) is 5.00. The Kier molecular flexibility index (Phi) is 4.07. The molecule has 0 aliphatic rings. The smallest absolute Gasteiger partial charge is 0.114 e. The van der Waals surface area contributed by atoms with Gasteiger partial charge in [0.1, 0.15) is 5.82 Å². The summed E-state index contributed by atoms with van der Waals surface area (Å²) in [5.41, 5.74) is 3.36. The fourth-order valence-electron chi connectivity index (χ4n) is 7.00. The molecule has 9 aromatic rings. The lowest BCUT2D eigenvalue weighted by Gasteiger charge is -2.17. The van der Waals surface area contributed by atoms with Gasteiger partial charge in [0.15, 0.2) is 0 Å². The standard InChI is InChI=1S/C37H24N2/c1-2-33-38-31-14-3-4-15-32(31)39(33)26-20-25-19-18-24-9-6-12-28-27-11-5-8-22-16-17-23-10-7-13-29(36(23)34(22)27)30(21-26)37(25)35(24)28/h3-21H,2H2,1H3. The van der Waals surface area contributed by atoms with Crippen molar-refractivity contribution in [2.45, 2.75) is 13.3 Å². The van der Waals surface area contributed by atoms with Gasteiger partial charge in [-0.2, -0.15) is 0 Å². The van der Waals surface area contributed by atoms with Crippen LogP contribution in [0.25, 0.3) is 81.4 Å². The molecule has 0 amide bonds. The van der Waals surface area contributed by atoms with Crippen LogP contribution in [0.4, 0.5) is 0 Å². The second-order valence-corrected chi connectivity index (χ2v) is 10.6. The van der Waals surface area contributed by atoms with Crippen LogP contribution in [0.1, 0.15) is 12.7 Å². The Morgan fingerprint density at radius 2 is 1.05 bits per heavy atom. The molecule has 1 aromatic heterocycles. The number of fused-ring (bicyclic) bond motifs is 3. The number of benzene rings is 7. The Labute approximate surface area is 225 Å². The van der Waals surface area contributed by atoms with Crippen molar-refractivity contribution in [2.24, 2.45) is 0 Å². The van der Waals surface area contributed by atoms with E-state index in [1.165, 1.54) is 64.6 Å². The van der Waals surface area contributed by atoms with Crippen molar-refractivity contribution in [1.29, 1.82) is 0 Å². The number of aromatic nitrogens is 2. The van der Waals surface area contributed by atoms with Crippen LogP contribution in [0.2, 0.25) is 0 Å². The molecule has 0 spiro atoms. The molecule has 0 aliphatic carbocycles. The van der Waals surface area contributed by atoms with Gasteiger partial charge in [-0.25, -0.2) is 4.98 Å². The van der Waals surface area contributed by atoms with Crippen molar-refractivity contribution in [2.75, 3.05) is 0 Å². The van der Waals surface area contributed by atoms with Gasteiger partial charge in [0.2, 0.25) is 0 Å². The van der Waals surface area contributed by atoms with Crippen molar-refractivity contribution >= 4 is 75.7 Å². The first kappa shape index (κ1) is 21.0. The molecule has 39 heavy (non-hydrogen) atoms. The molecule has 2 nitrogen and oxygen atoms in total. The normalized spacial score (nSPS) is 12.3. The zero-order chi connectivity index (χ0) is 25.7. The zero-order valence-corrected chi connectivity index (χ0v) is 21.6. The van der Waals surface area contributed by atoms with Crippen LogP contribution in [0, 0.1) is 0 Å². The Hall–Kier alpha value is -4.95. The quantitative estimate of drug-likeness (QED) is 0.218. The molecule has 9 rings (SSSR count). The minimum absolute atomic E-state index is 0.867. The van der Waals surface area contributed by atoms with Crippen LogP contribution in [-0.4, -0.2) is 9.55 Å². The van der Waals surface area contributed by atoms with Crippen LogP contribution < -0.4 is 0 Å². The largest absolute Gasteiger partial charge is 0.296 e. The van der Waals surface area contributed by atoms with Crippen LogP contribution in [0.3, 0.4) is 0 Å². The number of para-hydroxylation sites is 2. The van der Waals surface area contributed by atoms with E-state index in [4.69, 9.17) is 4.98 Å². The molecule has 0 aliphatic heterocycles. The average Bonchev–Trinajstić information content (AvgIpc) is 3.37. The molecule has 0 atom stereocenters. The van der Waals surface area contributed by atoms with Gasteiger partial charge in [-0.1, -0.05) is 97.9 Å². The summed E-state index contributed by atoms with van der Waals surface area (Å²) in [6.07, 6.45) is 0.867. The number of hydrogen-bond donors (Lipinski definition) is 0. The van der Waals surface area contributed by atoms with Gasteiger partial charge in [0.25, 0.3) is 0 Å². The van der Waals surface area contributed by atoms with E-state index in [1.54, 1.807) is 0 Å². The lowest BCUT2D eigenvalue weighted by molar-refractivity contribution is 0.910. The van der Waals surface area contributed by atoms with Crippen molar-refractivity contribution in [3.63, 3.8) is 0 Å². The maximum absolute atomic E-state index is 5.00. The summed E-state index contributed by atoms with van der Waals surface area (Å²) >= 11 is 0. The predicted octanol–water partition coefficient (Wildman–Crippen LogP) is 9.94. The number of rotatable bonds is 2. The van der Waals surface area contributed by atoms with E-state index in [0.717, 1.165) is 29.0 Å². The van der Waals surface area contributed by atoms with Crippen molar-refractivity contribution in [3.05, 3.63) is 121 Å².